The molecule has 5 aromatic rings. The zero-order chi connectivity index (χ0) is 33.7. The van der Waals surface area contributed by atoms with Gasteiger partial charge in [0.05, 0.1) is 23.0 Å². The van der Waals surface area contributed by atoms with Gasteiger partial charge in [0, 0.05) is 22.0 Å². The number of aliphatic hydroxyl groups is 2. The Bertz CT molecular complexity index is 1940. The van der Waals surface area contributed by atoms with Crippen molar-refractivity contribution in [3.05, 3.63) is 117 Å². The Labute approximate surface area is 297 Å². The maximum absolute atomic E-state index is 11.2. The molecule has 1 saturated carbocycles. The molecule has 1 aliphatic rings. The third kappa shape index (κ3) is 8.55. The van der Waals surface area contributed by atoms with Gasteiger partial charge in [-0.2, -0.15) is 5.10 Å². The Morgan fingerprint density at radius 3 is 2.32 bits per heavy atom. The van der Waals surface area contributed by atoms with Crippen molar-refractivity contribution in [3.8, 4) is 23.3 Å². The van der Waals surface area contributed by atoms with E-state index in [4.69, 9.17) is 63.4 Å². The number of nitrogens with zero attached hydrogens (tertiary/aromatic N) is 5. The lowest BCUT2D eigenvalue weighted by Gasteiger charge is -2.33. The number of H-pyrrole nitrogens is 1. The monoisotopic (exact) mass is 730 g/mol. The van der Waals surface area contributed by atoms with Crippen LogP contribution in [0.4, 0.5) is 0 Å². The molecule has 47 heavy (non-hydrogen) atoms. The van der Waals surface area contributed by atoms with Gasteiger partial charge in [-0.15, -0.1) is 17.5 Å². The van der Waals surface area contributed by atoms with Gasteiger partial charge in [-0.3, -0.25) is 9.78 Å². The van der Waals surface area contributed by atoms with Crippen molar-refractivity contribution < 1.29 is 14.9 Å². The highest BCUT2D eigenvalue weighted by Crippen LogP contribution is 2.53. The standard InChI is InChI=1S/C19H15Cl2N3O2.C14H15Cl2N3OS/c1-2-9-19(25,11-24-13-22-12-23-24)17-8-7-16(10-18(17)21)26-15-5-3-14(20)4-6-15;15-11-4-2-1-3-10(11)7-14(20,13(16)5-6-13)8-19-12(21)17-9-18-19/h3-8,10,12-13,25H,11H2,1H3;1-4,9,20H,5-8H2,(H,17,18,21). The normalized spacial score (nSPS) is 15.6. The van der Waals surface area contributed by atoms with E-state index in [-0.39, 0.29) is 13.1 Å². The van der Waals surface area contributed by atoms with Crippen molar-refractivity contribution >= 4 is 58.6 Å². The first-order chi connectivity index (χ1) is 22.4. The van der Waals surface area contributed by atoms with Crippen molar-refractivity contribution in [2.24, 2.45) is 0 Å². The molecule has 2 heterocycles. The lowest BCUT2D eigenvalue weighted by molar-refractivity contribution is 0.00728. The molecule has 2 atom stereocenters. The summed E-state index contributed by atoms with van der Waals surface area (Å²) >= 11 is 30.2. The molecule has 6 rings (SSSR count). The number of hydrogen-bond donors (Lipinski definition) is 3. The summed E-state index contributed by atoms with van der Waals surface area (Å²) < 4.78 is 9.29. The van der Waals surface area contributed by atoms with Gasteiger partial charge >= 0.3 is 0 Å². The fraction of sp³-hybridized carbons (Fsp3) is 0.273. The Morgan fingerprint density at radius 2 is 1.72 bits per heavy atom. The highest BCUT2D eigenvalue weighted by molar-refractivity contribution is 7.71. The van der Waals surface area contributed by atoms with Crippen LogP contribution in [0, 0.1) is 16.6 Å². The SMILES string of the molecule is CC#CC(O)(Cn1cncn1)c1ccc(Oc2ccc(Cl)cc2)cc1Cl.OC(Cc1ccccc1Cl)(Cn1[nH]cnc1=S)C1(Cl)CC1. The van der Waals surface area contributed by atoms with Crippen LogP contribution in [0.1, 0.15) is 30.9 Å². The first kappa shape index (κ1) is 34.9. The van der Waals surface area contributed by atoms with Gasteiger partial charge in [-0.1, -0.05) is 58.9 Å². The quantitative estimate of drug-likeness (QED) is 0.0769. The van der Waals surface area contributed by atoms with Crippen molar-refractivity contribution in [1.29, 1.82) is 0 Å². The van der Waals surface area contributed by atoms with E-state index in [0.29, 0.717) is 43.3 Å². The zero-order valence-corrected chi connectivity index (χ0v) is 28.9. The average Bonchev–Trinajstić information content (AvgIpc) is 3.38. The number of halogens is 4. The number of aromatic nitrogens is 6. The number of benzene rings is 3. The van der Waals surface area contributed by atoms with Crippen molar-refractivity contribution in [1.82, 2.24) is 29.5 Å². The first-order valence-electron chi connectivity index (χ1n) is 14.4. The molecule has 14 heteroatoms. The topological polar surface area (TPSA) is 114 Å². The molecule has 2 aromatic heterocycles. The Kier molecular flexibility index (Phi) is 11.0. The number of rotatable bonds is 10. The van der Waals surface area contributed by atoms with Gasteiger partial charge in [0.25, 0.3) is 0 Å². The number of alkyl halides is 1. The van der Waals surface area contributed by atoms with Crippen molar-refractivity contribution in [3.63, 3.8) is 0 Å². The molecule has 2 unspecified atom stereocenters. The summed E-state index contributed by atoms with van der Waals surface area (Å²) in [6, 6.07) is 19.5. The molecule has 0 radical (unpaired) electrons. The molecular formula is C33H30Cl4N6O3S. The van der Waals surface area contributed by atoms with Crippen molar-refractivity contribution in [2.75, 3.05) is 0 Å². The van der Waals surface area contributed by atoms with Gasteiger partial charge in [0.15, 0.2) is 5.60 Å². The summed E-state index contributed by atoms with van der Waals surface area (Å²) in [5, 5.41) is 30.7. The smallest absolute Gasteiger partial charge is 0.215 e. The minimum absolute atomic E-state index is 0.102. The molecule has 1 aliphatic carbocycles. The van der Waals surface area contributed by atoms with E-state index in [1.54, 1.807) is 54.1 Å². The highest BCUT2D eigenvalue weighted by Gasteiger charge is 2.58. The average molecular weight is 733 g/mol. The molecular weight excluding hydrogens is 702 g/mol. The molecule has 0 bridgehead atoms. The van der Waals surface area contributed by atoms with Crippen LogP contribution in [-0.4, -0.2) is 50.2 Å². The fourth-order valence-corrected chi connectivity index (χ4v) is 6.07. The van der Waals surface area contributed by atoms with Crippen LogP contribution in [0.25, 0.3) is 0 Å². The third-order valence-corrected chi connectivity index (χ3v) is 9.62. The minimum atomic E-state index is -1.50. The molecule has 9 nitrogen and oxygen atoms in total. The number of hydrogen-bond acceptors (Lipinski definition) is 7. The Balaban J connectivity index is 0.000000189. The van der Waals surface area contributed by atoms with Crippen LogP contribution in [0.15, 0.2) is 85.7 Å². The van der Waals surface area contributed by atoms with Crippen LogP contribution < -0.4 is 4.74 Å². The van der Waals surface area contributed by atoms with Gasteiger partial charge in [-0.05, 0) is 86.1 Å². The molecule has 0 aliphatic heterocycles. The van der Waals surface area contributed by atoms with Gasteiger partial charge < -0.3 is 14.9 Å². The predicted octanol–water partition coefficient (Wildman–Crippen LogP) is 7.63. The number of aromatic amines is 1. The van der Waals surface area contributed by atoms with Crippen LogP contribution in [0.5, 0.6) is 11.5 Å². The lowest BCUT2D eigenvalue weighted by Crippen LogP contribution is -2.47. The Hall–Kier alpha value is -3.40. The number of ether oxygens (including phenoxy) is 1. The van der Waals surface area contributed by atoms with Crippen LogP contribution in [0.3, 0.4) is 0 Å². The van der Waals surface area contributed by atoms with Gasteiger partial charge in [0.2, 0.25) is 4.77 Å². The van der Waals surface area contributed by atoms with E-state index in [2.05, 4.69) is 32.0 Å². The lowest BCUT2D eigenvalue weighted by atomic mass is 9.89. The van der Waals surface area contributed by atoms with Crippen molar-refractivity contribution in [2.45, 2.75) is 55.4 Å². The summed E-state index contributed by atoms with van der Waals surface area (Å²) in [5.41, 5.74) is -1.30. The molecule has 1 fully saturated rings. The summed E-state index contributed by atoms with van der Waals surface area (Å²) in [6.07, 6.45) is 6.33. The van der Waals surface area contributed by atoms with E-state index in [1.165, 1.54) is 23.7 Å². The molecule has 0 spiro atoms. The maximum Gasteiger partial charge on any atom is 0.215 e. The van der Waals surface area contributed by atoms with E-state index in [1.807, 2.05) is 24.3 Å². The van der Waals surface area contributed by atoms with E-state index in [9.17, 15) is 10.2 Å². The largest absolute Gasteiger partial charge is 0.457 e. The van der Waals surface area contributed by atoms with Gasteiger partial charge in [0.1, 0.15) is 36.1 Å². The minimum Gasteiger partial charge on any atom is -0.457 e. The van der Waals surface area contributed by atoms with E-state index >= 15 is 0 Å². The maximum atomic E-state index is 11.2. The molecule has 0 amide bonds. The molecule has 3 N–H and O–H groups in total. The summed E-state index contributed by atoms with van der Waals surface area (Å²) in [6.45, 7) is 2.02. The summed E-state index contributed by atoms with van der Waals surface area (Å²) in [5.74, 6) is 6.71. The van der Waals surface area contributed by atoms with Crippen LogP contribution in [0.2, 0.25) is 15.1 Å². The third-order valence-electron chi connectivity index (χ3n) is 7.63. The van der Waals surface area contributed by atoms with E-state index in [0.717, 1.165) is 18.4 Å². The first-order valence-corrected chi connectivity index (χ1v) is 16.3. The highest BCUT2D eigenvalue weighted by atomic mass is 35.5. The summed E-state index contributed by atoms with van der Waals surface area (Å²) in [4.78, 5) is 7.22. The van der Waals surface area contributed by atoms with E-state index < -0.39 is 16.1 Å². The van der Waals surface area contributed by atoms with Gasteiger partial charge in [-0.25, -0.2) is 14.6 Å². The second-order valence-corrected chi connectivity index (χ2v) is 13.4. The molecule has 244 valence electrons. The molecule has 0 saturated heterocycles. The summed E-state index contributed by atoms with van der Waals surface area (Å²) in [7, 11) is 0. The predicted molar refractivity (Wildman–Crippen MR) is 186 cm³/mol. The zero-order valence-electron chi connectivity index (χ0n) is 25.1. The second-order valence-electron chi connectivity index (χ2n) is 11.0. The fourth-order valence-electron chi connectivity index (χ4n) is 5.02. The Morgan fingerprint density at radius 1 is 1.00 bits per heavy atom. The molecule has 3 aromatic carbocycles. The second kappa shape index (κ2) is 14.8. The number of nitrogens with one attached hydrogen (secondary N) is 1. The van der Waals surface area contributed by atoms with Crippen LogP contribution >= 0.6 is 58.6 Å². The van der Waals surface area contributed by atoms with Crippen LogP contribution in [-0.2, 0) is 25.1 Å².